The van der Waals surface area contributed by atoms with Crippen molar-refractivity contribution in [2.24, 2.45) is 0 Å². The van der Waals surface area contributed by atoms with Crippen LogP contribution in [0.5, 0.6) is 5.75 Å². The largest absolute Gasteiger partial charge is 0.568 e. The van der Waals surface area contributed by atoms with Crippen LogP contribution >= 0.6 is 0 Å². The number of ether oxygens (including phenoxy) is 1. The van der Waals surface area contributed by atoms with Crippen LogP contribution in [-0.2, 0) is 16.6 Å². The van der Waals surface area contributed by atoms with E-state index in [4.69, 9.17) is 4.74 Å². The van der Waals surface area contributed by atoms with Crippen LogP contribution in [0.25, 0.3) is 4.72 Å². The van der Waals surface area contributed by atoms with E-state index in [1.165, 1.54) is 25.3 Å². The van der Waals surface area contributed by atoms with E-state index in [0.29, 0.717) is 17.9 Å². The minimum atomic E-state index is -4.25. The highest BCUT2D eigenvalue weighted by Crippen LogP contribution is 2.33. The Hall–Kier alpha value is -2.19. The fraction of sp³-hybridized carbons (Fsp3) is 0.143. The molecule has 0 atom stereocenters. The second-order valence-electron chi connectivity index (χ2n) is 4.36. The molecule has 0 aromatic heterocycles. The lowest BCUT2D eigenvalue weighted by atomic mass is 10.2. The third-order valence-electron chi connectivity index (χ3n) is 2.97. The molecule has 3 N–H and O–H groups in total. The van der Waals surface area contributed by atoms with Crippen LogP contribution in [0, 0.1) is 11.6 Å². The summed E-state index contributed by atoms with van der Waals surface area (Å²) >= 11 is 0. The summed E-state index contributed by atoms with van der Waals surface area (Å²) in [4.78, 5) is -0.186. The molecule has 0 bridgehead atoms. The van der Waals surface area contributed by atoms with Gasteiger partial charge in [0, 0.05) is 5.56 Å². The molecule has 0 unspecified atom stereocenters. The molecular weight excluding hydrogens is 314 g/mol. The summed E-state index contributed by atoms with van der Waals surface area (Å²) in [5.41, 5.74) is 3.38. The van der Waals surface area contributed by atoms with Crippen molar-refractivity contribution in [2.45, 2.75) is 11.4 Å². The van der Waals surface area contributed by atoms with E-state index in [1.807, 2.05) is 0 Å². The van der Waals surface area contributed by atoms with Gasteiger partial charge in [-0.3, -0.25) is 0 Å². The van der Waals surface area contributed by atoms with E-state index >= 15 is 0 Å². The number of nitrogens with zero attached hydrogens (tertiary/aromatic N) is 1. The van der Waals surface area contributed by atoms with Crippen LogP contribution in [-0.4, -0.2) is 15.5 Å². The van der Waals surface area contributed by atoms with E-state index in [9.17, 15) is 17.2 Å². The summed E-state index contributed by atoms with van der Waals surface area (Å²) in [6.07, 6.45) is 0. The first-order valence-corrected chi connectivity index (χ1v) is 7.71. The zero-order valence-corrected chi connectivity index (χ0v) is 12.5. The summed E-state index contributed by atoms with van der Waals surface area (Å²) in [5, 5.41) is 0. The molecule has 8 heteroatoms. The van der Waals surface area contributed by atoms with Gasteiger partial charge >= 0.3 is 0 Å². The molecule has 2 aromatic carbocycles. The smallest absolute Gasteiger partial charge is 0.127 e. The minimum Gasteiger partial charge on any atom is -0.568 e. The molecule has 0 aliphatic carbocycles. The van der Waals surface area contributed by atoms with Gasteiger partial charge in [-0.25, -0.2) is 17.2 Å². The molecule has 0 saturated heterocycles. The highest BCUT2D eigenvalue weighted by Gasteiger charge is 2.12. The van der Waals surface area contributed by atoms with Crippen LogP contribution in [0.1, 0.15) is 5.56 Å². The Morgan fingerprint density at radius 1 is 1.18 bits per heavy atom. The topological polar surface area (TPSA) is 85.1 Å². The monoisotopic (exact) mass is 328 g/mol. The normalized spacial score (nSPS) is 11.3. The second kappa shape index (κ2) is 6.29. The molecule has 0 fully saturated rings. The van der Waals surface area contributed by atoms with Gasteiger partial charge in [-0.2, -0.15) is 0 Å². The highest BCUT2D eigenvalue weighted by atomic mass is 32.2. The first kappa shape index (κ1) is 16.2. The number of quaternary nitrogens is 1. The van der Waals surface area contributed by atoms with Gasteiger partial charge < -0.3 is 15.2 Å². The molecule has 0 radical (unpaired) electrons. The molecule has 118 valence electrons. The van der Waals surface area contributed by atoms with E-state index in [1.54, 1.807) is 0 Å². The number of rotatable bonds is 5. The van der Waals surface area contributed by atoms with Crippen molar-refractivity contribution in [1.29, 1.82) is 0 Å². The fourth-order valence-electron chi connectivity index (χ4n) is 1.86. The van der Waals surface area contributed by atoms with E-state index in [-0.39, 0.29) is 4.90 Å². The summed E-state index contributed by atoms with van der Waals surface area (Å²) in [5.74, 6) is -1.62. The molecule has 2 rings (SSSR count). The maximum absolute atomic E-state index is 13.5. The van der Waals surface area contributed by atoms with E-state index < -0.39 is 27.3 Å². The number of hydrogen-bond acceptors (Lipinski definition) is 3. The van der Waals surface area contributed by atoms with Gasteiger partial charge in [-0.1, -0.05) is 11.8 Å². The number of sulfonamides is 1. The maximum Gasteiger partial charge on any atom is 0.127 e. The maximum atomic E-state index is 13.5. The van der Waals surface area contributed by atoms with Crippen molar-refractivity contribution in [3.05, 3.63) is 58.3 Å². The van der Waals surface area contributed by atoms with Crippen molar-refractivity contribution in [3.8, 4) is 5.75 Å². The van der Waals surface area contributed by atoms with Crippen LogP contribution in [0.2, 0.25) is 0 Å². The molecule has 0 saturated carbocycles. The molecule has 0 aliphatic rings. The Balaban J connectivity index is 2.43. The lowest BCUT2D eigenvalue weighted by Crippen LogP contribution is -2.47. The van der Waals surface area contributed by atoms with Crippen LogP contribution in [0.4, 0.5) is 14.5 Å². The molecule has 0 spiro atoms. The van der Waals surface area contributed by atoms with Crippen LogP contribution in [0.15, 0.2) is 41.3 Å². The molecule has 22 heavy (non-hydrogen) atoms. The van der Waals surface area contributed by atoms with Crippen LogP contribution < -0.4 is 10.5 Å². The minimum absolute atomic E-state index is 0.186. The van der Waals surface area contributed by atoms with Crippen molar-refractivity contribution in [1.82, 2.24) is 0 Å². The summed E-state index contributed by atoms with van der Waals surface area (Å²) in [7, 11) is -2.81. The second-order valence-corrected chi connectivity index (χ2v) is 5.96. The SMILES string of the molecule is COc1ccc(S(=O)(=O)[N-]c2c(F)cccc2F)cc1C[NH3+]. The molecule has 0 amide bonds. The lowest BCUT2D eigenvalue weighted by molar-refractivity contribution is -0.386. The Bertz CT molecular complexity index is 774. The Morgan fingerprint density at radius 2 is 1.82 bits per heavy atom. The zero-order valence-electron chi connectivity index (χ0n) is 11.7. The van der Waals surface area contributed by atoms with Gasteiger partial charge in [0.15, 0.2) is 0 Å². The third-order valence-corrected chi connectivity index (χ3v) is 4.24. The van der Waals surface area contributed by atoms with Gasteiger partial charge in [-0.15, -0.1) is 0 Å². The fourth-order valence-corrected chi connectivity index (χ4v) is 2.91. The number of methoxy groups -OCH3 is 1. The standard InChI is InChI=1S/C14H13F2N2O3S/c1-21-13-6-5-10(7-9(13)8-17)22(19,20)18-14-11(15)3-2-4-12(14)16/h2-7H,8,17H2,1H3/q-1/p+1. The average molecular weight is 328 g/mol. The Morgan fingerprint density at radius 3 is 2.36 bits per heavy atom. The molecule has 0 heterocycles. The van der Waals surface area contributed by atoms with Gasteiger partial charge in [0.2, 0.25) is 0 Å². The van der Waals surface area contributed by atoms with Crippen molar-refractivity contribution in [2.75, 3.05) is 7.11 Å². The first-order chi connectivity index (χ1) is 10.4. The number of benzene rings is 2. The van der Waals surface area contributed by atoms with Gasteiger partial charge in [0.1, 0.15) is 34.0 Å². The van der Waals surface area contributed by atoms with E-state index in [2.05, 4.69) is 10.5 Å². The van der Waals surface area contributed by atoms with Gasteiger partial charge in [0.05, 0.1) is 12.0 Å². The van der Waals surface area contributed by atoms with Crippen molar-refractivity contribution in [3.63, 3.8) is 0 Å². The van der Waals surface area contributed by atoms with Crippen molar-refractivity contribution >= 4 is 15.7 Å². The summed E-state index contributed by atoms with van der Waals surface area (Å²) in [6.45, 7) is 0.292. The highest BCUT2D eigenvalue weighted by molar-refractivity contribution is 7.94. The predicted octanol–water partition coefficient (Wildman–Crippen LogP) is 2.11. The number of hydrogen-bond donors (Lipinski definition) is 1. The van der Waals surface area contributed by atoms with Crippen LogP contribution in [0.3, 0.4) is 0 Å². The predicted molar refractivity (Wildman–Crippen MR) is 76.1 cm³/mol. The lowest BCUT2D eigenvalue weighted by Gasteiger charge is -2.23. The summed E-state index contributed by atoms with van der Waals surface area (Å²) in [6, 6.07) is 7.03. The van der Waals surface area contributed by atoms with Crippen molar-refractivity contribution < 1.29 is 27.7 Å². The zero-order chi connectivity index (χ0) is 16.3. The van der Waals surface area contributed by atoms with Gasteiger partial charge in [-0.05, 0) is 30.3 Å². The van der Waals surface area contributed by atoms with E-state index in [0.717, 1.165) is 18.2 Å². The Labute approximate surface area is 126 Å². The Kier molecular flexibility index (Phi) is 4.62. The van der Waals surface area contributed by atoms with Gasteiger partial charge in [0.25, 0.3) is 0 Å². The molecular formula is C14H14F2N2O3S. The quantitative estimate of drug-likeness (QED) is 0.912. The average Bonchev–Trinajstić information content (AvgIpc) is 2.50. The third kappa shape index (κ3) is 3.18. The molecule has 5 nitrogen and oxygen atoms in total. The number of halogens is 2. The first-order valence-electron chi connectivity index (χ1n) is 6.27. The molecule has 2 aromatic rings. The summed E-state index contributed by atoms with van der Waals surface area (Å²) < 4.78 is 59.8. The molecule has 0 aliphatic heterocycles.